The Balaban J connectivity index is 3.59. The Labute approximate surface area is 97.7 Å². The summed E-state index contributed by atoms with van der Waals surface area (Å²) in [5.41, 5.74) is -3.33. The predicted octanol–water partition coefficient (Wildman–Crippen LogP) is 2.21. The Morgan fingerprint density at radius 3 is 2.28 bits per heavy atom. The van der Waals surface area contributed by atoms with E-state index in [-0.39, 0.29) is 6.07 Å². The number of nitro benzene ring substituents is 1. The standard InChI is InChI=1S/C8H7F3N2O5/c1-18-7-5(12(14)15)2-4(8(9,10)11)3-6(7)13(16)17/h2-3,14-15H,1H3. The highest BCUT2D eigenvalue weighted by Crippen LogP contribution is 2.42. The third-order valence-corrected chi connectivity index (χ3v) is 1.99. The van der Waals surface area contributed by atoms with E-state index in [1.165, 1.54) is 0 Å². The number of halogens is 3. The SMILES string of the molecule is COc1c(N(O)O)cc(C(F)(F)F)cc1[N+](=O)[O-]. The number of benzene rings is 1. The molecule has 7 nitrogen and oxygen atoms in total. The molecule has 0 aliphatic rings. The summed E-state index contributed by atoms with van der Waals surface area (Å²) in [5.74, 6) is -0.696. The molecular weight excluding hydrogens is 261 g/mol. The van der Waals surface area contributed by atoms with Crippen molar-refractivity contribution in [1.29, 1.82) is 0 Å². The van der Waals surface area contributed by atoms with E-state index in [4.69, 9.17) is 10.4 Å². The van der Waals surface area contributed by atoms with Crippen LogP contribution in [-0.4, -0.2) is 22.4 Å². The summed E-state index contributed by atoms with van der Waals surface area (Å²) < 4.78 is 41.9. The fraction of sp³-hybridized carbons (Fsp3) is 0.250. The van der Waals surface area contributed by atoms with E-state index in [1.807, 2.05) is 0 Å². The van der Waals surface area contributed by atoms with Crippen molar-refractivity contribution >= 4 is 11.4 Å². The molecule has 0 aliphatic carbocycles. The van der Waals surface area contributed by atoms with Crippen molar-refractivity contribution in [1.82, 2.24) is 0 Å². The fourth-order valence-electron chi connectivity index (χ4n) is 1.26. The van der Waals surface area contributed by atoms with Crippen LogP contribution in [0.4, 0.5) is 24.5 Å². The van der Waals surface area contributed by atoms with Crippen molar-refractivity contribution in [3.63, 3.8) is 0 Å². The average Bonchev–Trinajstić information content (AvgIpc) is 2.25. The lowest BCUT2D eigenvalue weighted by atomic mass is 10.1. The van der Waals surface area contributed by atoms with E-state index in [1.54, 1.807) is 0 Å². The maximum Gasteiger partial charge on any atom is 0.416 e. The zero-order chi connectivity index (χ0) is 14.1. The molecule has 0 heterocycles. The van der Waals surface area contributed by atoms with Gasteiger partial charge in [-0.1, -0.05) is 0 Å². The third-order valence-electron chi connectivity index (χ3n) is 1.99. The van der Waals surface area contributed by atoms with Gasteiger partial charge in [0.15, 0.2) is 0 Å². The zero-order valence-electron chi connectivity index (χ0n) is 8.80. The highest BCUT2D eigenvalue weighted by Gasteiger charge is 2.36. The second-order valence-electron chi connectivity index (χ2n) is 3.09. The molecule has 0 saturated carbocycles. The van der Waals surface area contributed by atoms with Crippen molar-refractivity contribution in [2.75, 3.05) is 12.3 Å². The third kappa shape index (κ3) is 2.60. The van der Waals surface area contributed by atoms with Gasteiger partial charge in [-0.15, -0.1) is 5.23 Å². The number of nitro groups is 1. The van der Waals surface area contributed by atoms with Gasteiger partial charge in [0.2, 0.25) is 5.75 Å². The number of hydrogen-bond acceptors (Lipinski definition) is 6. The van der Waals surface area contributed by atoms with Gasteiger partial charge in [-0.2, -0.15) is 13.2 Å². The lowest BCUT2D eigenvalue weighted by molar-refractivity contribution is -0.386. The lowest BCUT2D eigenvalue weighted by Crippen LogP contribution is -2.15. The number of anilines is 1. The monoisotopic (exact) mass is 268 g/mol. The molecule has 0 unspecified atom stereocenters. The van der Waals surface area contributed by atoms with Crippen molar-refractivity contribution in [2.24, 2.45) is 0 Å². The van der Waals surface area contributed by atoms with Gasteiger partial charge in [-0.05, 0) is 6.07 Å². The Morgan fingerprint density at radius 1 is 1.39 bits per heavy atom. The van der Waals surface area contributed by atoms with Gasteiger partial charge in [0.1, 0.15) is 5.69 Å². The zero-order valence-corrected chi connectivity index (χ0v) is 8.80. The van der Waals surface area contributed by atoms with Crippen LogP contribution in [0.1, 0.15) is 5.56 Å². The van der Waals surface area contributed by atoms with Gasteiger partial charge in [-0.25, -0.2) is 0 Å². The van der Waals surface area contributed by atoms with Crippen LogP contribution in [-0.2, 0) is 6.18 Å². The summed E-state index contributed by atoms with van der Waals surface area (Å²) in [6.45, 7) is 0. The van der Waals surface area contributed by atoms with Gasteiger partial charge >= 0.3 is 11.9 Å². The molecule has 0 fully saturated rings. The van der Waals surface area contributed by atoms with Crippen LogP contribution in [0.25, 0.3) is 0 Å². The smallest absolute Gasteiger partial charge is 0.416 e. The first kappa shape index (κ1) is 14.0. The van der Waals surface area contributed by atoms with Gasteiger partial charge < -0.3 is 4.74 Å². The summed E-state index contributed by atoms with van der Waals surface area (Å²) in [4.78, 5) is 9.49. The lowest BCUT2D eigenvalue weighted by Gasteiger charge is -2.15. The number of alkyl halides is 3. The maximum atomic E-state index is 12.5. The van der Waals surface area contributed by atoms with Gasteiger partial charge in [0.05, 0.1) is 17.6 Å². The number of methoxy groups -OCH3 is 1. The summed E-state index contributed by atoms with van der Waals surface area (Å²) >= 11 is 0. The molecule has 0 spiro atoms. The minimum absolute atomic E-state index is 0.242. The Morgan fingerprint density at radius 2 is 1.94 bits per heavy atom. The molecule has 0 atom stereocenters. The van der Waals surface area contributed by atoms with Gasteiger partial charge in [0, 0.05) is 6.07 Å². The van der Waals surface area contributed by atoms with E-state index in [2.05, 4.69) is 4.74 Å². The highest BCUT2D eigenvalue weighted by atomic mass is 19.4. The Hall–Kier alpha value is -2.07. The molecule has 0 aliphatic heterocycles. The molecule has 0 bridgehead atoms. The summed E-state index contributed by atoms with van der Waals surface area (Å²) in [7, 11) is 0.947. The van der Waals surface area contributed by atoms with E-state index in [0.29, 0.717) is 6.07 Å². The number of hydrogen-bond donors (Lipinski definition) is 2. The minimum atomic E-state index is -4.87. The fourth-order valence-corrected chi connectivity index (χ4v) is 1.26. The van der Waals surface area contributed by atoms with Crippen LogP contribution in [0.2, 0.25) is 0 Å². The molecule has 10 heteroatoms. The molecule has 1 aromatic rings. The number of rotatable bonds is 3. The predicted molar refractivity (Wildman–Crippen MR) is 50.7 cm³/mol. The molecule has 1 rings (SSSR count). The second kappa shape index (κ2) is 4.66. The van der Waals surface area contributed by atoms with Crippen molar-refractivity contribution in [2.45, 2.75) is 6.18 Å². The summed E-state index contributed by atoms with van der Waals surface area (Å²) in [5, 5.41) is 27.4. The Kier molecular flexibility index (Phi) is 3.62. The molecule has 2 N–H and O–H groups in total. The molecule has 0 amide bonds. The quantitative estimate of drug-likeness (QED) is 0.644. The first-order valence-electron chi connectivity index (χ1n) is 4.30. The van der Waals surface area contributed by atoms with Crippen LogP contribution in [0.15, 0.2) is 12.1 Å². The van der Waals surface area contributed by atoms with Crippen LogP contribution in [0, 0.1) is 10.1 Å². The maximum absolute atomic E-state index is 12.5. The van der Waals surface area contributed by atoms with Crippen LogP contribution >= 0.6 is 0 Å². The van der Waals surface area contributed by atoms with E-state index in [9.17, 15) is 23.3 Å². The number of nitrogens with zero attached hydrogens (tertiary/aromatic N) is 2. The highest BCUT2D eigenvalue weighted by molar-refractivity contribution is 5.67. The van der Waals surface area contributed by atoms with Crippen LogP contribution in [0.5, 0.6) is 5.75 Å². The second-order valence-corrected chi connectivity index (χ2v) is 3.09. The molecule has 100 valence electrons. The van der Waals surface area contributed by atoms with Crippen molar-refractivity contribution in [3.8, 4) is 5.75 Å². The summed E-state index contributed by atoms with van der Waals surface area (Å²) in [6, 6.07) is 0.553. The molecule has 1 aromatic carbocycles. The van der Waals surface area contributed by atoms with E-state index in [0.717, 1.165) is 7.11 Å². The van der Waals surface area contributed by atoms with E-state index < -0.39 is 39.0 Å². The van der Waals surface area contributed by atoms with E-state index >= 15 is 0 Å². The van der Waals surface area contributed by atoms with Crippen molar-refractivity contribution in [3.05, 3.63) is 27.8 Å². The largest absolute Gasteiger partial charge is 0.489 e. The van der Waals surface area contributed by atoms with Crippen LogP contribution in [0.3, 0.4) is 0 Å². The summed E-state index contributed by atoms with van der Waals surface area (Å²) in [6.07, 6.45) is -4.87. The van der Waals surface area contributed by atoms with Crippen molar-refractivity contribution < 1.29 is 33.2 Å². The molecular formula is C8H7F3N2O5. The molecule has 18 heavy (non-hydrogen) atoms. The minimum Gasteiger partial charge on any atom is -0.489 e. The van der Waals surface area contributed by atoms with Gasteiger partial charge in [0.25, 0.3) is 0 Å². The average molecular weight is 268 g/mol. The first-order chi connectivity index (χ1) is 8.18. The molecule has 0 saturated heterocycles. The number of ether oxygens (including phenoxy) is 1. The van der Waals surface area contributed by atoms with Gasteiger partial charge in [-0.3, -0.25) is 20.5 Å². The topological polar surface area (TPSA) is 96.1 Å². The molecule has 0 aromatic heterocycles. The first-order valence-corrected chi connectivity index (χ1v) is 4.30. The molecule has 0 radical (unpaired) electrons. The van der Waals surface area contributed by atoms with Crippen LogP contribution < -0.4 is 9.96 Å². The normalized spacial score (nSPS) is 11.2. The Bertz CT molecular complexity index is 475.